The number of aryl methyl sites for hydroxylation is 1. The molecule has 0 saturated carbocycles. The zero-order valence-corrected chi connectivity index (χ0v) is 19.1. The van der Waals surface area contributed by atoms with Crippen LogP contribution < -0.4 is 4.74 Å². The molecule has 35 heavy (non-hydrogen) atoms. The number of aromatic nitrogens is 1. The number of carbonyl (C=O) groups excluding carboxylic acids is 2. The van der Waals surface area contributed by atoms with Gasteiger partial charge in [0.05, 0.1) is 4.92 Å². The van der Waals surface area contributed by atoms with E-state index < -0.39 is 16.9 Å². The molecule has 4 aromatic rings. The van der Waals surface area contributed by atoms with Crippen LogP contribution in [0.2, 0.25) is 0 Å². The quantitative estimate of drug-likeness (QED) is 0.0702. The Hall–Kier alpha value is -4.79. The fourth-order valence-corrected chi connectivity index (χ4v) is 3.96. The molecule has 176 valence electrons. The van der Waals surface area contributed by atoms with Crippen molar-refractivity contribution in [3.05, 3.63) is 94.6 Å². The molecule has 0 aliphatic rings. The number of para-hydroxylation sites is 1. The Morgan fingerprint density at radius 2 is 1.77 bits per heavy atom. The van der Waals surface area contributed by atoms with Crippen molar-refractivity contribution in [3.63, 3.8) is 0 Å². The highest BCUT2D eigenvalue weighted by Gasteiger charge is 2.19. The summed E-state index contributed by atoms with van der Waals surface area (Å²) in [6.45, 7) is 7.29. The third-order valence-corrected chi connectivity index (χ3v) is 5.43. The van der Waals surface area contributed by atoms with Gasteiger partial charge in [-0.15, -0.1) is 0 Å². The Kier molecular flexibility index (Phi) is 6.41. The molecule has 0 saturated heterocycles. The summed E-state index contributed by atoms with van der Waals surface area (Å²) >= 11 is 0. The van der Waals surface area contributed by atoms with Crippen molar-refractivity contribution in [1.82, 2.24) is 4.57 Å². The van der Waals surface area contributed by atoms with Gasteiger partial charge < -0.3 is 14.1 Å². The Morgan fingerprint density at radius 3 is 2.43 bits per heavy atom. The maximum absolute atomic E-state index is 11.9. The van der Waals surface area contributed by atoms with E-state index in [-0.39, 0.29) is 17.1 Å². The molecule has 1 heterocycles. The zero-order valence-electron chi connectivity index (χ0n) is 19.1. The molecule has 0 radical (unpaired) electrons. The van der Waals surface area contributed by atoms with Gasteiger partial charge in [0.2, 0.25) is 0 Å². The second kappa shape index (κ2) is 9.60. The molecule has 0 N–H and O–H groups in total. The molecule has 0 bridgehead atoms. The fraction of sp³-hybridized carbons (Fsp3) is 0.115. The average molecular weight is 471 g/mol. The molecule has 9 heteroatoms. The van der Waals surface area contributed by atoms with E-state index in [9.17, 15) is 19.7 Å². The maximum Gasteiger partial charge on any atom is 0.335 e. The topological polar surface area (TPSA) is 113 Å². The second-order valence-corrected chi connectivity index (χ2v) is 7.58. The SMILES string of the molecule is C=CC(=O)Oc1ccccc1C(=NOC(C)=O)c1ccc2c(c1)c1cc([N+](=O)[O-])ccc1n2CC. The molecular formula is C26H21N3O6. The summed E-state index contributed by atoms with van der Waals surface area (Å²) in [6.07, 6.45) is 1.04. The van der Waals surface area contributed by atoms with Gasteiger partial charge in [-0.05, 0) is 37.3 Å². The first-order valence-electron chi connectivity index (χ1n) is 10.7. The first-order chi connectivity index (χ1) is 16.8. The lowest BCUT2D eigenvalue weighted by Crippen LogP contribution is -2.11. The van der Waals surface area contributed by atoms with Gasteiger partial charge in [-0.3, -0.25) is 10.1 Å². The number of esters is 1. The molecule has 0 unspecified atom stereocenters. The molecule has 0 aliphatic carbocycles. The molecule has 9 nitrogen and oxygen atoms in total. The van der Waals surface area contributed by atoms with Gasteiger partial charge in [0.15, 0.2) is 0 Å². The van der Waals surface area contributed by atoms with Gasteiger partial charge in [0, 0.05) is 64.6 Å². The lowest BCUT2D eigenvalue weighted by atomic mass is 9.99. The summed E-state index contributed by atoms with van der Waals surface area (Å²) in [5, 5.41) is 16.9. The standard InChI is InChI=1S/C26H21N3O6/c1-4-25(31)34-24-9-7-6-8-19(24)26(27-35-16(3)30)17-10-12-22-20(14-17)21-15-18(29(32)33)11-13-23(21)28(22)5-2/h4,6-15H,1,5H2,2-3H3. The van der Waals surface area contributed by atoms with Gasteiger partial charge in [0.1, 0.15) is 11.5 Å². The van der Waals surface area contributed by atoms with Crippen molar-refractivity contribution >= 4 is 45.1 Å². The molecule has 0 fully saturated rings. The number of nitro groups is 1. The van der Waals surface area contributed by atoms with E-state index in [0.717, 1.165) is 22.5 Å². The van der Waals surface area contributed by atoms with Gasteiger partial charge >= 0.3 is 11.9 Å². The van der Waals surface area contributed by atoms with E-state index in [4.69, 9.17) is 9.57 Å². The first kappa shape index (κ1) is 23.4. The minimum atomic E-state index is -0.655. The summed E-state index contributed by atoms with van der Waals surface area (Å²) in [5.74, 6) is -1.07. The van der Waals surface area contributed by atoms with E-state index in [2.05, 4.69) is 16.3 Å². The number of oxime groups is 1. The summed E-state index contributed by atoms with van der Waals surface area (Å²) in [5.41, 5.74) is 2.93. The van der Waals surface area contributed by atoms with Crippen LogP contribution >= 0.6 is 0 Å². The number of rotatable bonds is 7. The lowest BCUT2D eigenvalue weighted by molar-refractivity contribution is -0.384. The number of carbonyl (C=O) groups is 2. The number of ether oxygens (including phenoxy) is 1. The van der Waals surface area contributed by atoms with Crippen LogP contribution in [0.4, 0.5) is 5.69 Å². The number of fused-ring (bicyclic) bond motifs is 3. The molecular weight excluding hydrogens is 450 g/mol. The molecule has 0 aliphatic heterocycles. The summed E-state index contributed by atoms with van der Waals surface area (Å²) in [6, 6.07) is 16.9. The van der Waals surface area contributed by atoms with E-state index in [0.29, 0.717) is 23.1 Å². The van der Waals surface area contributed by atoms with Crippen molar-refractivity contribution in [2.24, 2.45) is 5.16 Å². The van der Waals surface area contributed by atoms with Crippen LogP contribution in [0.5, 0.6) is 5.75 Å². The Balaban J connectivity index is 1.97. The second-order valence-electron chi connectivity index (χ2n) is 7.58. The normalized spacial score (nSPS) is 11.4. The number of hydrogen-bond donors (Lipinski definition) is 0. The third kappa shape index (κ3) is 4.51. The Bertz CT molecular complexity index is 1530. The van der Waals surface area contributed by atoms with Crippen LogP contribution in [-0.4, -0.2) is 27.1 Å². The van der Waals surface area contributed by atoms with Crippen LogP contribution in [0.3, 0.4) is 0 Å². The van der Waals surface area contributed by atoms with Gasteiger partial charge in [-0.2, -0.15) is 0 Å². The van der Waals surface area contributed by atoms with Gasteiger partial charge in [0.25, 0.3) is 5.69 Å². The van der Waals surface area contributed by atoms with Crippen molar-refractivity contribution in [3.8, 4) is 5.75 Å². The number of benzene rings is 3. The largest absolute Gasteiger partial charge is 0.423 e. The van der Waals surface area contributed by atoms with Crippen molar-refractivity contribution < 1.29 is 24.1 Å². The summed E-state index contributed by atoms with van der Waals surface area (Å²) in [4.78, 5) is 39.4. The molecule has 1 aromatic heterocycles. The van der Waals surface area contributed by atoms with E-state index >= 15 is 0 Å². The average Bonchev–Trinajstić information content (AvgIpc) is 3.17. The predicted octanol–water partition coefficient (Wildman–Crippen LogP) is 5.13. The van der Waals surface area contributed by atoms with Crippen LogP contribution in [0.25, 0.3) is 21.8 Å². The molecule has 0 atom stereocenters. The third-order valence-electron chi connectivity index (χ3n) is 5.43. The zero-order chi connectivity index (χ0) is 25.1. The van der Waals surface area contributed by atoms with Crippen LogP contribution in [0, 0.1) is 10.1 Å². The molecule has 4 rings (SSSR count). The van der Waals surface area contributed by atoms with Crippen molar-refractivity contribution in [2.75, 3.05) is 0 Å². The fourth-order valence-electron chi connectivity index (χ4n) is 3.96. The highest BCUT2D eigenvalue weighted by molar-refractivity contribution is 6.18. The van der Waals surface area contributed by atoms with Crippen molar-refractivity contribution in [2.45, 2.75) is 20.4 Å². The number of nitro benzene ring substituents is 1. The number of nitrogens with zero attached hydrogens (tertiary/aromatic N) is 3. The number of non-ortho nitro benzene ring substituents is 1. The lowest BCUT2D eigenvalue weighted by Gasteiger charge is -2.12. The maximum atomic E-state index is 11.9. The minimum Gasteiger partial charge on any atom is -0.423 e. The first-order valence-corrected chi connectivity index (χ1v) is 10.7. The van der Waals surface area contributed by atoms with Gasteiger partial charge in [-0.25, -0.2) is 9.59 Å². The Morgan fingerprint density at radius 1 is 1.09 bits per heavy atom. The van der Waals surface area contributed by atoms with E-state index in [1.54, 1.807) is 36.4 Å². The Labute approximate surface area is 200 Å². The minimum absolute atomic E-state index is 0.0199. The van der Waals surface area contributed by atoms with E-state index in [1.807, 2.05) is 19.1 Å². The summed E-state index contributed by atoms with van der Waals surface area (Å²) < 4.78 is 7.42. The van der Waals surface area contributed by atoms with Gasteiger partial charge in [-0.1, -0.05) is 29.9 Å². The summed E-state index contributed by atoms with van der Waals surface area (Å²) in [7, 11) is 0. The number of hydrogen-bond acceptors (Lipinski definition) is 7. The predicted molar refractivity (Wildman–Crippen MR) is 131 cm³/mol. The molecule has 0 spiro atoms. The van der Waals surface area contributed by atoms with Crippen LogP contribution in [-0.2, 0) is 21.0 Å². The van der Waals surface area contributed by atoms with Crippen LogP contribution in [0.1, 0.15) is 25.0 Å². The molecule has 3 aromatic carbocycles. The molecule has 0 amide bonds. The van der Waals surface area contributed by atoms with Crippen LogP contribution in [0.15, 0.2) is 78.5 Å². The highest BCUT2D eigenvalue weighted by atomic mass is 16.7. The smallest absolute Gasteiger partial charge is 0.335 e. The van der Waals surface area contributed by atoms with Crippen molar-refractivity contribution in [1.29, 1.82) is 0 Å². The highest BCUT2D eigenvalue weighted by Crippen LogP contribution is 2.33. The monoisotopic (exact) mass is 471 g/mol. The van der Waals surface area contributed by atoms with E-state index in [1.165, 1.54) is 19.1 Å².